The van der Waals surface area contributed by atoms with Crippen molar-refractivity contribution in [1.29, 1.82) is 0 Å². The summed E-state index contributed by atoms with van der Waals surface area (Å²) >= 11 is 0. The molecule has 6 heteroatoms. The molecule has 0 aromatic rings. The van der Waals surface area contributed by atoms with Crippen molar-refractivity contribution in [1.82, 2.24) is 0 Å². The fourth-order valence-corrected chi connectivity index (χ4v) is 6.80. The van der Waals surface area contributed by atoms with Gasteiger partial charge in [-0.25, -0.2) is 0 Å². The third kappa shape index (κ3) is 39.6. The van der Waals surface area contributed by atoms with Gasteiger partial charge < -0.3 is 14.2 Å². The zero-order valence-electron chi connectivity index (χ0n) is 35.3. The van der Waals surface area contributed by atoms with E-state index in [1.54, 1.807) is 0 Å². The Morgan fingerprint density at radius 3 is 0.942 bits per heavy atom. The van der Waals surface area contributed by atoms with Crippen LogP contribution in [0.3, 0.4) is 0 Å². The van der Waals surface area contributed by atoms with Crippen molar-refractivity contribution in [3.8, 4) is 0 Å². The number of carbonyl (C=O) groups excluding carboxylic acids is 3. The molecule has 308 valence electrons. The number of hydrogen-bond donors (Lipinski definition) is 0. The van der Waals surface area contributed by atoms with Crippen LogP contribution in [0.4, 0.5) is 0 Å². The standard InChI is InChI=1S/C46H88O6/c1-5-7-9-11-12-13-14-20-24-27-31-35-39-46(49)52-43(40-50-44(47)37-33-28-10-8-6-2)41-51-45(48)38-34-30-26-23-21-18-16-15-17-19-22-25-29-32-36-42(3)4/h42-43H,5-41H2,1-4H3/t43-/m1/s1. The van der Waals surface area contributed by atoms with E-state index >= 15 is 0 Å². The summed E-state index contributed by atoms with van der Waals surface area (Å²) in [5.74, 6) is -0.0226. The molecule has 0 unspecified atom stereocenters. The molecule has 0 rings (SSSR count). The van der Waals surface area contributed by atoms with Crippen molar-refractivity contribution >= 4 is 17.9 Å². The van der Waals surface area contributed by atoms with E-state index in [1.807, 2.05) is 0 Å². The second-order valence-electron chi connectivity index (χ2n) is 16.2. The average molecular weight is 737 g/mol. The van der Waals surface area contributed by atoms with Gasteiger partial charge in [0.1, 0.15) is 13.2 Å². The molecule has 0 fully saturated rings. The van der Waals surface area contributed by atoms with E-state index < -0.39 is 6.10 Å². The fourth-order valence-electron chi connectivity index (χ4n) is 6.80. The van der Waals surface area contributed by atoms with E-state index in [4.69, 9.17) is 14.2 Å². The van der Waals surface area contributed by atoms with Gasteiger partial charge in [0.05, 0.1) is 0 Å². The zero-order valence-corrected chi connectivity index (χ0v) is 35.3. The second-order valence-corrected chi connectivity index (χ2v) is 16.2. The molecule has 0 bridgehead atoms. The number of unbranched alkanes of at least 4 members (excludes halogenated alkanes) is 28. The Labute approximate surface area is 323 Å². The minimum absolute atomic E-state index is 0.0646. The van der Waals surface area contributed by atoms with Gasteiger partial charge in [-0.05, 0) is 25.2 Å². The highest BCUT2D eigenvalue weighted by molar-refractivity contribution is 5.71. The zero-order chi connectivity index (χ0) is 38.2. The Hall–Kier alpha value is -1.59. The molecule has 0 aliphatic carbocycles. The molecule has 6 nitrogen and oxygen atoms in total. The van der Waals surface area contributed by atoms with Crippen molar-refractivity contribution in [2.24, 2.45) is 5.92 Å². The van der Waals surface area contributed by atoms with Gasteiger partial charge in [-0.15, -0.1) is 0 Å². The van der Waals surface area contributed by atoms with Gasteiger partial charge in [0, 0.05) is 19.3 Å². The Balaban J connectivity index is 4.14. The summed E-state index contributed by atoms with van der Waals surface area (Å²) in [6.45, 7) is 8.93. The molecule has 0 heterocycles. The van der Waals surface area contributed by atoms with Crippen molar-refractivity contribution in [2.45, 2.75) is 259 Å². The van der Waals surface area contributed by atoms with Gasteiger partial charge in [0.2, 0.25) is 0 Å². The first-order valence-corrected chi connectivity index (χ1v) is 22.9. The van der Waals surface area contributed by atoms with Gasteiger partial charge in [0.25, 0.3) is 0 Å². The topological polar surface area (TPSA) is 78.9 Å². The molecule has 0 aromatic heterocycles. The van der Waals surface area contributed by atoms with Crippen molar-refractivity contribution < 1.29 is 28.6 Å². The minimum Gasteiger partial charge on any atom is -0.462 e. The largest absolute Gasteiger partial charge is 0.462 e. The minimum atomic E-state index is -0.757. The number of carbonyl (C=O) groups is 3. The molecule has 0 radical (unpaired) electrons. The summed E-state index contributed by atoms with van der Waals surface area (Å²) < 4.78 is 16.6. The Morgan fingerprint density at radius 2 is 0.635 bits per heavy atom. The highest BCUT2D eigenvalue weighted by Gasteiger charge is 2.19. The lowest BCUT2D eigenvalue weighted by atomic mass is 10.0. The van der Waals surface area contributed by atoms with Crippen LogP contribution in [0, 0.1) is 5.92 Å². The summed E-state index contributed by atoms with van der Waals surface area (Å²) in [4.78, 5) is 37.4. The van der Waals surface area contributed by atoms with E-state index in [1.165, 1.54) is 141 Å². The average Bonchev–Trinajstić information content (AvgIpc) is 3.12. The molecule has 0 spiro atoms. The van der Waals surface area contributed by atoms with Crippen LogP contribution in [0.1, 0.15) is 252 Å². The SMILES string of the molecule is CCCCCCCCCCCCCCC(=O)O[C@H](COC(=O)CCCCCCC)COC(=O)CCCCCCCCCCCCCCCCC(C)C. The normalized spacial score (nSPS) is 11.9. The van der Waals surface area contributed by atoms with Gasteiger partial charge in [-0.3, -0.25) is 14.4 Å². The summed E-state index contributed by atoms with van der Waals surface area (Å²) in [6, 6.07) is 0. The quantitative estimate of drug-likeness (QED) is 0.0353. The summed E-state index contributed by atoms with van der Waals surface area (Å²) in [5.41, 5.74) is 0. The van der Waals surface area contributed by atoms with Crippen LogP contribution in [-0.2, 0) is 28.6 Å². The second kappa shape index (κ2) is 40.6. The Morgan fingerprint density at radius 1 is 0.365 bits per heavy atom. The smallest absolute Gasteiger partial charge is 0.306 e. The first-order valence-electron chi connectivity index (χ1n) is 22.9. The molecular formula is C46H88O6. The van der Waals surface area contributed by atoms with Crippen LogP contribution >= 0.6 is 0 Å². The fraction of sp³-hybridized carbons (Fsp3) is 0.935. The molecule has 0 amide bonds. The van der Waals surface area contributed by atoms with Crippen LogP contribution in [0.25, 0.3) is 0 Å². The van der Waals surface area contributed by atoms with Gasteiger partial charge >= 0.3 is 17.9 Å². The predicted molar refractivity (Wildman–Crippen MR) is 220 cm³/mol. The van der Waals surface area contributed by atoms with E-state index in [2.05, 4.69) is 27.7 Å². The Bertz CT molecular complexity index is 781. The molecule has 0 aromatic carbocycles. The molecule has 0 saturated carbocycles. The molecule has 0 aliphatic rings. The van der Waals surface area contributed by atoms with Crippen molar-refractivity contribution in [3.63, 3.8) is 0 Å². The lowest BCUT2D eigenvalue weighted by Crippen LogP contribution is -2.30. The molecular weight excluding hydrogens is 648 g/mol. The number of esters is 3. The van der Waals surface area contributed by atoms with Gasteiger partial charge in [-0.2, -0.15) is 0 Å². The van der Waals surface area contributed by atoms with Crippen LogP contribution < -0.4 is 0 Å². The third-order valence-corrected chi connectivity index (χ3v) is 10.3. The molecule has 1 atom stereocenters. The maximum Gasteiger partial charge on any atom is 0.306 e. The van der Waals surface area contributed by atoms with Crippen molar-refractivity contribution in [2.75, 3.05) is 13.2 Å². The van der Waals surface area contributed by atoms with E-state index in [0.29, 0.717) is 19.3 Å². The lowest BCUT2D eigenvalue weighted by molar-refractivity contribution is -0.167. The number of rotatable bonds is 41. The summed E-state index contributed by atoms with van der Waals surface area (Å²) in [5, 5.41) is 0. The maximum absolute atomic E-state index is 12.6. The first kappa shape index (κ1) is 50.4. The number of ether oxygens (including phenoxy) is 3. The maximum atomic E-state index is 12.6. The third-order valence-electron chi connectivity index (χ3n) is 10.3. The molecule has 0 aliphatic heterocycles. The lowest BCUT2D eigenvalue weighted by Gasteiger charge is -2.18. The van der Waals surface area contributed by atoms with E-state index in [9.17, 15) is 14.4 Å². The molecule has 52 heavy (non-hydrogen) atoms. The van der Waals surface area contributed by atoms with Crippen LogP contribution in [0.2, 0.25) is 0 Å². The van der Waals surface area contributed by atoms with Crippen molar-refractivity contribution in [3.05, 3.63) is 0 Å². The predicted octanol–water partition coefficient (Wildman–Crippen LogP) is 14.3. The summed E-state index contributed by atoms with van der Waals surface area (Å²) in [7, 11) is 0. The molecule has 0 N–H and O–H groups in total. The van der Waals surface area contributed by atoms with Crippen LogP contribution in [0.15, 0.2) is 0 Å². The monoisotopic (exact) mass is 737 g/mol. The number of hydrogen-bond acceptors (Lipinski definition) is 6. The molecule has 0 saturated heterocycles. The van der Waals surface area contributed by atoms with Crippen LogP contribution in [-0.4, -0.2) is 37.2 Å². The summed E-state index contributed by atoms with van der Waals surface area (Å²) in [6.07, 6.45) is 39.7. The van der Waals surface area contributed by atoms with Gasteiger partial charge in [0.15, 0.2) is 6.10 Å². The van der Waals surface area contributed by atoms with E-state index in [-0.39, 0.29) is 31.1 Å². The first-order chi connectivity index (χ1) is 25.4. The van der Waals surface area contributed by atoms with Gasteiger partial charge in [-0.1, -0.05) is 214 Å². The highest BCUT2D eigenvalue weighted by atomic mass is 16.6. The highest BCUT2D eigenvalue weighted by Crippen LogP contribution is 2.16. The Kier molecular flexibility index (Phi) is 39.4. The van der Waals surface area contributed by atoms with E-state index in [0.717, 1.165) is 70.1 Å². The van der Waals surface area contributed by atoms with Crippen LogP contribution in [0.5, 0.6) is 0 Å².